The minimum absolute atomic E-state index is 0.281. The van der Waals surface area contributed by atoms with Crippen molar-refractivity contribution in [1.82, 2.24) is 4.90 Å². The van der Waals surface area contributed by atoms with Gasteiger partial charge in [-0.05, 0) is 30.5 Å². The Morgan fingerprint density at radius 1 is 1.24 bits per heavy atom. The van der Waals surface area contributed by atoms with Gasteiger partial charge >= 0.3 is 5.97 Å². The van der Waals surface area contributed by atoms with Gasteiger partial charge in [0.1, 0.15) is 0 Å². The first-order valence-electron chi connectivity index (χ1n) is 7.29. The molecule has 0 aromatic heterocycles. The van der Waals surface area contributed by atoms with Crippen LogP contribution >= 0.6 is 0 Å². The maximum absolute atomic E-state index is 11.4. The van der Waals surface area contributed by atoms with Gasteiger partial charge in [-0.2, -0.15) is 0 Å². The van der Waals surface area contributed by atoms with Gasteiger partial charge in [0, 0.05) is 12.6 Å². The lowest BCUT2D eigenvalue weighted by Crippen LogP contribution is -2.39. The van der Waals surface area contributed by atoms with E-state index in [1.807, 2.05) is 12.1 Å². The van der Waals surface area contributed by atoms with Gasteiger partial charge in [0.05, 0.1) is 19.2 Å². The lowest BCUT2D eigenvalue weighted by Gasteiger charge is -2.27. The molecule has 1 aliphatic rings. The van der Waals surface area contributed by atoms with Crippen LogP contribution in [0.5, 0.6) is 0 Å². The van der Waals surface area contributed by atoms with Crippen LogP contribution in [0.3, 0.4) is 0 Å². The van der Waals surface area contributed by atoms with E-state index in [-0.39, 0.29) is 18.4 Å². The van der Waals surface area contributed by atoms with Gasteiger partial charge in [-0.3, -0.25) is 9.69 Å². The Hall–Kier alpha value is -1.88. The van der Waals surface area contributed by atoms with Gasteiger partial charge in [0.15, 0.2) is 0 Å². The number of primary amides is 1. The number of benzene rings is 1. The van der Waals surface area contributed by atoms with Crippen molar-refractivity contribution in [2.24, 2.45) is 5.73 Å². The Morgan fingerprint density at radius 2 is 1.86 bits per heavy atom. The highest BCUT2D eigenvalue weighted by atomic mass is 16.5. The van der Waals surface area contributed by atoms with Gasteiger partial charge < -0.3 is 10.5 Å². The summed E-state index contributed by atoms with van der Waals surface area (Å²) < 4.78 is 4.68. The van der Waals surface area contributed by atoms with E-state index in [1.54, 1.807) is 12.1 Å². The molecule has 5 nitrogen and oxygen atoms in total. The molecule has 0 bridgehead atoms. The number of carbonyl (C=O) groups is 2. The third-order valence-electron chi connectivity index (χ3n) is 3.96. The number of hydrogen-bond acceptors (Lipinski definition) is 4. The number of nitrogens with zero attached hydrogens (tertiary/aromatic N) is 1. The maximum Gasteiger partial charge on any atom is 0.337 e. The average molecular weight is 290 g/mol. The van der Waals surface area contributed by atoms with Crippen LogP contribution in [0.15, 0.2) is 24.3 Å². The molecule has 0 atom stereocenters. The van der Waals surface area contributed by atoms with Crippen LogP contribution in [-0.2, 0) is 16.1 Å². The molecule has 1 aromatic rings. The van der Waals surface area contributed by atoms with Crippen LogP contribution < -0.4 is 5.73 Å². The average Bonchev–Trinajstić information content (AvgIpc) is 3.00. The van der Waals surface area contributed by atoms with E-state index >= 15 is 0 Å². The molecule has 5 heteroatoms. The molecule has 1 aliphatic carbocycles. The Kier molecular flexibility index (Phi) is 5.33. The highest BCUT2D eigenvalue weighted by molar-refractivity contribution is 5.89. The number of hydrogen-bond donors (Lipinski definition) is 1. The fourth-order valence-corrected chi connectivity index (χ4v) is 2.88. The van der Waals surface area contributed by atoms with Crippen molar-refractivity contribution in [3.05, 3.63) is 35.4 Å². The van der Waals surface area contributed by atoms with Gasteiger partial charge in [-0.25, -0.2) is 4.79 Å². The summed E-state index contributed by atoms with van der Waals surface area (Å²) in [6.07, 6.45) is 4.66. The lowest BCUT2D eigenvalue weighted by atomic mass is 10.1. The summed E-state index contributed by atoms with van der Waals surface area (Å²) in [6, 6.07) is 7.72. The van der Waals surface area contributed by atoms with Crippen LogP contribution in [0.4, 0.5) is 0 Å². The highest BCUT2D eigenvalue weighted by Gasteiger charge is 2.23. The number of esters is 1. The van der Waals surface area contributed by atoms with E-state index in [0.717, 1.165) is 18.4 Å². The van der Waals surface area contributed by atoms with Crippen LogP contribution in [0.2, 0.25) is 0 Å². The van der Waals surface area contributed by atoms with Crippen molar-refractivity contribution >= 4 is 11.9 Å². The number of rotatable bonds is 6. The molecular formula is C16H22N2O3. The number of ether oxygens (including phenoxy) is 1. The first-order chi connectivity index (χ1) is 10.1. The Morgan fingerprint density at radius 3 is 2.38 bits per heavy atom. The second-order valence-corrected chi connectivity index (χ2v) is 5.50. The summed E-state index contributed by atoms with van der Waals surface area (Å²) >= 11 is 0. The molecule has 0 heterocycles. The summed E-state index contributed by atoms with van der Waals surface area (Å²) in [5, 5.41) is 0. The molecule has 0 unspecified atom stereocenters. The lowest BCUT2D eigenvalue weighted by molar-refractivity contribution is -0.119. The summed E-state index contributed by atoms with van der Waals surface area (Å²) in [5.74, 6) is -0.639. The second-order valence-electron chi connectivity index (χ2n) is 5.50. The minimum Gasteiger partial charge on any atom is -0.465 e. The zero-order chi connectivity index (χ0) is 15.2. The van der Waals surface area contributed by atoms with E-state index in [9.17, 15) is 9.59 Å². The van der Waals surface area contributed by atoms with E-state index in [2.05, 4.69) is 9.64 Å². The maximum atomic E-state index is 11.4. The molecule has 2 rings (SSSR count). The normalized spacial score (nSPS) is 15.3. The van der Waals surface area contributed by atoms with Crippen LogP contribution in [0.25, 0.3) is 0 Å². The fraction of sp³-hybridized carbons (Fsp3) is 0.500. The zero-order valence-electron chi connectivity index (χ0n) is 12.4. The minimum atomic E-state index is -0.341. The SMILES string of the molecule is COC(=O)c1ccc(CN(CC(N)=O)C2CCCC2)cc1. The van der Waals surface area contributed by atoms with E-state index in [4.69, 9.17) is 5.73 Å². The molecule has 1 saturated carbocycles. The number of methoxy groups -OCH3 is 1. The molecule has 1 aromatic carbocycles. The molecule has 2 N–H and O–H groups in total. The molecule has 21 heavy (non-hydrogen) atoms. The Bertz CT molecular complexity index is 493. The molecular weight excluding hydrogens is 268 g/mol. The largest absolute Gasteiger partial charge is 0.465 e. The zero-order valence-corrected chi connectivity index (χ0v) is 12.4. The first-order valence-corrected chi connectivity index (χ1v) is 7.29. The van der Waals surface area contributed by atoms with Crippen molar-refractivity contribution in [2.45, 2.75) is 38.3 Å². The molecule has 114 valence electrons. The standard InChI is InChI=1S/C16H22N2O3/c1-21-16(20)13-8-6-12(7-9-13)10-18(11-15(17)19)14-4-2-3-5-14/h6-9,14H,2-5,10-11H2,1H3,(H2,17,19). The van der Waals surface area contributed by atoms with Gasteiger partial charge in [-0.15, -0.1) is 0 Å². The third-order valence-corrected chi connectivity index (χ3v) is 3.96. The predicted molar refractivity (Wildman–Crippen MR) is 79.6 cm³/mol. The molecule has 0 aliphatic heterocycles. The van der Waals surface area contributed by atoms with E-state index in [1.165, 1.54) is 20.0 Å². The monoisotopic (exact) mass is 290 g/mol. The smallest absolute Gasteiger partial charge is 0.337 e. The number of nitrogens with two attached hydrogens (primary N) is 1. The molecule has 1 amide bonds. The van der Waals surface area contributed by atoms with Crippen molar-refractivity contribution in [3.63, 3.8) is 0 Å². The third kappa shape index (κ3) is 4.29. The van der Waals surface area contributed by atoms with Gasteiger partial charge in [0.25, 0.3) is 0 Å². The highest BCUT2D eigenvalue weighted by Crippen LogP contribution is 2.24. The number of carbonyl (C=O) groups excluding carboxylic acids is 2. The van der Waals surface area contributed by atoms with Gasteiger partial charge in [0.2, 0.25) is 5.91 Å². The van der Waals surface area contributed by atoms with Crippen LogP contribution in [0.1, 0.15) is 41.6 Å². The Balaban J connectivity index is 2.05. The molecule has 0 spiro atoms. The summed E-state index contributed by atoms with van der Waals surface area (Å²) in [6.45, 7) is 0.957. The first kappa shape index (κ1) is 15.5. The van der Waals surface area contributed by atoms with Gasteiger partial charge in [-0.1, -0.05) is 25.0 Å². The quantitative estimate of drug-likeness (QED) is 0.809. The predicted octanol–water partition coefficient (Wildman–Crippen LogP) is 1.70. The fourth-order valence-electron chi connectivity index (χ4n) is 2.88. The van der Waals surface area contributed by atoms with Crippen LogP contribution in [0, 0.1) is 0 Å². The van der Waals surface area contributed by atoms with Crippen molar-refractivity contribution < 1.29 is 14.3 Å². The van der Waals surface area contributed by atoms with Crippen LogP contribution in [-0.4, -0.2) is 36.5 Å². The van der Waals surface area contributed by atoms with Crippen molar-refractivity contribution in [3.8, 4) is 0 Å². The van der Waals surface area contributed by atoms with E-state index < -0.39 is 0 Å². The van der Waals surface area contributed by atoms with E-state index in [0.29, 0.717) is 18.2 Å². The number of amides is 1. The molecule has 1 fully saturated rings. The van der Waals surface area contributed by atoms with Crippen molar-refractivity contribution in [2.75, 3.05) is 13.7 Å². The summed E-state index contributed by atoms with van der Waals surface area (Å²) in [4.78, 5) is 24.8. The molecule has 0 saturated heterocycles. The second kappa shape index (κ2) is 7.22. The Labute approximate surface area is 125 Å². The molecule has 0 radical (unpaired) electrons. The topological polar surface area (TPSA) is 72.6 Å². The van der Waals surface area contributed by atoms with Crippen molar-refractivity contribution in [1.29, 1.82) is 0 Å². The summed E-state index contributed by atoms with van der Waals surface area (Å²) in [5.41, 5.74) is 6.95. The summed E-state index contributed by atoms with van der Waals surface area (Å²) in [7, 11) is 1.37.